The fourth-order valence-electron chi connectivity index (χ4n) is 0.956. The van der Waals surface area contributed by atoms with Crippen LogP contribution >= 0.6 is 0 Å². The van der Waals surface area contributed by atoms with Gasteiger partial charge in [-0.25, -0.2) is 0 Å². The van der Waals surface area contributed by atoms with Gasteiger partial charge in [-0.05, 0) is 24.8 Å². The standard InChI is InChI=1S/C6H9N3/c7-9-8-6-4-2-1-3-5-6/h1-2,6H,3-5H2. The first-order valence-corrected chi connectivity index (χ1v) is 3.12. The Morgan fingerprint density at radius 2 is 2.44 bits per heavy atom. The predicted molar refractivity (Wildman–Crippen MR) is 35.9 cm³/mol. The SMILES string of the molecule is [N-]=[N+]=NC1CC=CCC1. The van der Waals surface area contributed by atoms with E-state index in [9.17, 15) is 0 Å². The lowest BCUT2D eigenvalue weighted by Gasteiger charge is -2.09. The summed E-state index contributed by atoms with van der Waals surface area (Å²) in [4.78, 5) is 2.75. The summed E-state index contributed by atoms with van der Waals surface area (Å²) < 4.78 is 0. The summed E-state index contributed by atoms with van der Waals surface area (Å²) in [5, 5.41) is 3.61. The molecule has 0 saturated heterocycles. The van der Waals surface area contributed by atoms with Gasteiger partial charge in [-0.2, -0.15) is 0 Å². The van der Waals surface area contributed by atoms with Crippen LogP contribution in [-0.4, -0.2) is 6.04 Å². The van der Waals surface area contributed by atoms with Gasteiger partial charge < -0.3 is 0 Å². The van der Waals surface area contributed by atoms with Crippen molar-refractivity contribution in [2.45, 2.75) is 25.3 Å². The Kier molecular flexibility index (Phi) is 2.16. The Hall–Kier alpha value is -0.950. The van der Waals surface area contributed by atoms with Crippen LogP contribution in [0.2, 0.25) is 0 Å². The third-order valence-corrected chi connectivity index (χ3v) is 1.46. The predicted octanol–water partition coefficient (Wildman–Crippen LogP) is 2.41. The number of hydrogen-bond donors (Lipinski definition) is 0. The molecule has 1 unspecified atom stereocenters. The largest absolute Gasteiger partial charge is 0.0903 e. The van der Waals surface area contributed by atoms with Crippen molar-refractivity contribution in [1.29, 1.82) is 0 Å². The molecule has 3 heteroatoms. The third kappa shape index (κ3) is 1.78. The van der Waals surface area contributed by atoms with Crippen molar-refractivity contribution in [2.24, 2.45) is 5.11 Å². The molecule has 0 fully saturated rings. The van der Waals surface area contributed by atoms with Crippen molar-refractivity contribution in [1.82, 2.24) is 0 Å². The fraction of sp³-hybridized carbons (Fsp3) is 0.667. The number of rotatable bonds is 1. The van der Waals surface area contributed by atoms with E-state index in [-0.39, 0.29) is 6.04 Å². The Balaban J connectivity index is 2.43. The summed E-state index contributed by atoms with van der Waals surface area (Å²) in [7, 11) is 0. The van der Waals surface area contributed by atoms with Crippen molar-refractivity contribution >= 4 is 0 Å². The van der Waals surface area contributed by atoms with Gasteiger partial charge in [-0.3, -0.25) is 0 Å². The molecule has 0 N–H and O–H groups in total. The highest BCUT2D eigenvalue weighted by Crippen LogP contribution is 2.13. The van der Waals surface area contributed by atoms with Gasteiger partial charge in [0.15, 0.2) is 0 Å². The summed E-state index contributed by atoms with van der Waals surface area (Å²) >= 11 is 0. The molecule has 48 valence electrons. The molecule has 9 heavy (non-hydrogen) atoms. The molecule has 0 radical (unpaired) electrons. The summed E-state index contributed by atoms with van der Waals surface area (Å²) in [5.41, 5.74) is 8.05. The van der Waals surface area contributed by atoms with E-state index in [2.05, 4.69) is 22.2 Å². The normalized spacial score (nSPS) is 25.1. The van der Waals surface area contributed by atoms with Gasteiger partial charge in [0, 0.05) is 11.0 Å². The zero-order valence-corrected chi connectivity index (χ0v) is 5.20. The zero-order valence-electron chi connectivity index (χ0n) is 5.20. The number of nitrogens with zero attached hydrogens (tertiary/aromatic N) is 3. The monoisotopic (exact) mass is 123 g/mol. The lowest BCUT2D eigenvalue weighted by Crippen LogP contribution is -2.03. The van der Waals surface area contributed by atoms with E-state index in [0.717, 1.165) is 19.3 Å². The molecule has 0 aromatic carbocycles. The van der Waals surface area contributed by atoms with Gasteiger partial charge in [-0.15, -0.1) is 0 Å². The third-order valence-electron chi connectivity index (χ3n) is 1.46. The van der Waals surface area contributed by atoms with Crippen LogP contribution in [0, 0.1) is 0 Å². The van der Waals surface area contributed by atoms with E-state index < -0.39 is 0 Å². The fourth-order valence-corrected chi connectivity index (χ4v) is 0.956. The van der Waals surface area contributed by atoms with Crippen LogP contribution < -0.4 is 0 Å². The molecule has 0 aliphatic heterocycles. The first-order valence-electron chi connectivity index (χ1n) is 3.12. The minimum Gasteiger partial charge on any atom is -0.0903 e. The van der Waals surface area contributed by atoms with Crippen LogP contribution in [0.3, 0.4) is 0 Å². The highest BCUT2D eigenvalue weighted by Gasteiger charge is 2.05. The smallest absolute Gasteiger partial charge is 0.0411 e. The van der Waals surface area contributed by atoms with Crippen LogP contribution in [0.5, 0.6) is 0 Å². The van der Waals surface area contributed by atoms with Gasteiger partial charge >= 0.3 is 0 Å². The maximum absolute atomic E-state index is 8.05. The van der Waals surface area contributed by atoms with E-state index >= 15 is 0 Å². The summed E-state index contributed by atoms with van der Waals surface area (Å²) in [6, 6.07) is 0.222. The van der Waals surface area contributed by atoms with E-state index in [1.165, 1.54) is 0 Å². The van der Waals surface area contributed by atoms with Crippen LogP contribution in [0.1, 0.15) is 19.3 Å². The molecule has 1 atom stereocenters. The average Bonchev–Trinajstić information content (AvgIpc) is 1.91. The Labute approximate surface area is 54.0 Å². The lowest BCUT2D eigenvalue weighted by molar-refractivity contribution is 0.603. The Morgan fingerprint density at radius 3 is 3.00 bits per heavy atom. The molecule has 1 aliphatic carbocycles. The molecule has 0 spiro atoms. The number of azide groups is 1. The second-order valence-corrected chi connectivity index (χ2v) is 2.14. The maximum atomic E-state index is 8.05. The molecule has 1 aliphatic rings. The van der Waals surface area contributed by atoms with Crippen molar-refractivity contribution in [3.05, 3.63) is 22.6 Å². The van der Waals surface area contributed by atoms with Crippen LogP contribution in [-0.2, 0) is 0 Å². The van der Waals surface area contributed by atoms with Crippen LogP contribution in [0.4, 0.5) is 0 Å². The first kappa shape index (κ1) is 6.17. The highest BCUT2D eigenvalue weighted by molar-refractivity contribution is 4.92. The molecule has 0 aromatic rings. The van der Waals surface area contributed by atoms with Crippen molar-refractivity contribution in [3.8, 4) is 0 Å². The van der Waals surface area contributed by atoms with E-state index in [1.54, 1.807) is 0 Å². The van der Waals surface area contributed by atoms with Gasteiger partial charge in [0.25, 0.3) is 0 Å². The Morgan fingerprint density at radius 1 is 1.56 bits per heavy atom. The summed E-state index contributed by atoms with van der Waals surface area (Å²) in [5.74, 6) is 0. The van der Waals surface area contributed by atoms with Gasteiger partial charge in [0.2, 0.25) is 0 Å². The quantitative estimate of drug-likeness (QED) is 0.222. The van der Waals surface area contributed by atoms with Crippen molar-refractivity contribution in [3.63, 3.8) is 0 Å². The lowest BCUT2D eigenvalue weighted by atomic mass is 10.0. The number of allylic oxidation sites excluding steroid dienone is 1. The maximum Gasteiger partial charge on any atom is 0.0411 e. The average molecular weight is 123 g/mol. The molecule has 0 amide bonds. The van der Waals surface area contributed by atoms with E-state index in [0.29, 0.717) is 0 Å². The van der Waals surface area contributed by atoms with Crippen molar-refractivity contribution < 1.29 is 0 Å². The summed E-state index contributed by atoms with van der Waals surface area (Å²) in [6.07, 6.45) is 7.19. The molecule has 0 aromatic heterocycles. The van der Waals surface area contributed by atoms with Gasteiger partial charge in [0.1, 0.15) is 0 Å². The first-order chi connectivity index (χ1) is 4.43. The van der Waals surface area contributed by atoms with E-state index in [1.807, 2.05) is 0 Å². The van der Waals surface area contributed by atoms with Gasteiger partial charge in [0.05, 0.1) is 0 Å². The second kappa shape index (κ2) is 3.15. The van der Waals surface area contributed by atoms with Crippen LogP contribution in [0.25, 0.3) is 10.4 Å². The molecular weight excluding hydrogens is 114 g/mol. The minimum atomic E-state index is 0.222. The molecule has 1 rings (SSSR count). The van der Waals surface area contributed by atoms with E-state index in [4.69, 9.17) is 5.53 Å². The Bertz CT molecular complexity index is 156. The highest BCUT2D eigenvalue weighted by atomic mass is 15.1. The molecular formula is C6H9N3. The molecule has 0 heterocycles. The summed E-state index contributed by atoms with van der Waals surface area (Å²) in [6.45, 7) is 0. The molecule has 0 bridgehead atoms. The van der Waals surface area contributed by atoms with Crippen LogP contribution in [0.15, 0.2) is 17.3 Å². The molecule has 3 nitrogen and oxygen atoms in total. The minimum absolute atomic E-state index is 0.222. The zero-order chi connectivity index (χ0) is 6.53. The topological polar surface area (TPSA) is 48.8 Å². The van der Waals surface area contributed by atoms with Crippen molar-refractivity contribution in [2.75, 3.05) is 0 Å². The van der Waals surface area contributed by atoms with Gasteiger partial charge in [-0.1, -0.05) is 17.3 Å². The molecule has 0 saturated carbocycles. The number of hydrogen-bond acceptors (Lipinski definition) is 1. The second-order valence-electron chi connectivity index (χ2n) is 2.14.